The summed E-state index contributed by atoms with van der Waals surface area (Å²) in [6.07, 6.45) is 0.254. The second-order valence-corrected chi connectivity index (χ2v) is 4.52. The summed E-state index contributed by atoms with van der Waals surface area (Å²) in [6, 6.07) is 7.54. The summed E-state index contributed by atoms with van der Waals surface area (Å²) in [5, 5.41) is 0. The van der Waals surface area contributed by atoms with Crippen LogP contribution < -0.4 is 5.73 Å². The zero-order valence-electron chi connectivity index (χ0n) is 10.5. The molecule has 0 saturated heterocycles. The Bertz CT molecular complexity index is 596. The Kier molecular flexibility index (Phi) is 3.90. The second-order valence-electron chi connectivity index (χ2n) is 4.52. The average Bonchev–Trinajstić information content (AvgIpc) is 2.37. The molecule has 0 radical (unpaired) electrons. The van der Waals surface area contributed by atoms with Crippen molar-refractivity contribution in [2.75, 3.05) is 0 Å². The van der Waals surface area contributed by atoms with Crippen molar-refractivity contribution in [2.24, 2.45) is 5.73 Å². The van der Waals surface area contributed by atoms with Crippen molar-refractivity contribution < 1.29 is 13.2 Å². The van der Waals surface area contributed by atoms with Crippen molar-refractivity contribution in [1.82, 2.24) is 0 Å². The molecule has 100 valence electrons. The first-order valence-corrected chi connectivity index (χ1v) is 5.93. The van der Waals surface area contributed by atoms with Gasteiger partial charge in [-0.25, -0.2) is 13.2 Å². The Morgan fingerprint density at radius 3 is 2.58 bits per heavy atom. The third-order valence-electron chi connectivity index (χ3n) is 3.13. The summed E-state index contributed by atoms with van der Waals surface area (Å²) in [5.74, 6) is -2.24. The Morgan fingerprint density at radius 2 is 1.84 bits per heavy atom. The van der Waals surface area contributed by atoms with Gasteiger partial charge in [-0.05, 0) is 42.7 Å². The second kappa shape index (κ2) is 5.45. The summed E-state index contributed by atoms with van der Waals surface area (Å²) in [5.41, 5.74) is 7.55. The van der Waals surface area contributed by atoms with Gasteiger partial charge >= 0.3 is 0 Å². The molecule has 0 aromatic heterocycles. The average molecular weight is 265 g/mol. The van der Waals surface area contributed by atoms with Gasteiger partial charge < -0.3 is 5.73 Å². The summed E-state index contributed by atoms with van der Waals surface area (Å²) < 4.78 is 39.9. The molecule has 0 heterocycles. The molecule has 1 atom stereocenters. The summed E-state index contributed by atoms with van der Waals surface area (Å²) in [7, 11) is 0. The minimum atomic E-state index is -0.941. The van der Waals surface area contributed by atoms with E-state index in [0.29, 0.717) is 5.56 Å². The van der Waals surface area contributed by atoms with E-state index in [4.69, 9.17) is 5.73 Å². The van der Waals surface area contributed by atoms with Gasteiger partial charge in [0.05, 0.1) is 0 Å². The van der Waals surface area contributed by atoms with Crippen LogP contribution in [0, 0.1) is 24.4 Å². The van der Waals surface area contributed by atoms with Crippen molar-refractivity contribution in [3.05, 3.63) is 70.5 Å². The number of nitrogens with two attached hydrogens (primary N) is 1. The number of aryl methyl sites for hydroxylation is 1. The lowest BCUT2D eigenvalue weighted by Gasteiger charge is -2.15. The summed E-state index contributed by atoms with van der Waals surface area (Å²) in [4.78, 5) is 0. The minimum Gasteiger partial charge on any atom is -0.324 e. The van der Waals surface area contributed by atoms with E-state index in [1.807, 2.05) is 6.92 Å². The standard InChI is InChI=1S/C15H14F3N/c1-9-5-6-11(16)7-10(9)8-14(19)12-3-2-4-13(17)15(12)18/h2-7,14H,8,19H2,1H3. The normalized spacial score (nSPS) is 12.5. The number of hydrogen-bond acceptors (Lipinski definition) is 1. The molecule has 0 aliphatic heterocycles. The molecule has 2 aromatic rings. The fourth-order valence-corrected chi connectivity index (χ4v) is 2.01. The summed E-state index contributed by atoms with van der Waals surface area (Å²) >= 11 is 0. The van der Waals surface area contributed by atoms with Gasteiger partial charge in [0.2, 0.25) is 0 Å². The SMILES string of the molecule is Cc1ccc(F)cc1CC(N)c1cccc(F)c1F. The van der Waals surface area contributed by atoms with E-state index >= 15 is 0 Å². The van der Waals surface area contributed by atoms with Gasteiger partial charge in [-0.2, -0.15) is 0 Å². The summed E-state index contributed by atoms with van der Waals surface area (Å²) in [6.45, 7) is 1.82. The van der Waals surface area contributed by atoms with Crippen LogP contribution in [0.5, 0.6) is 0 Å². The van der Waals surface area contributed by atoms with Crippen molar-refractivity contribution in [3.63, 3.8) is 0 Å². The van der Waals surface area contributed by atoms with Gasteiger partial charge in [0.15, 0.2) is 11.6 Å². The number of hydrogen-bond donors (Lipinski definition) is 1. The van der Waals surface area contributed by atoms with E-state index in [-0.39, 0.29) is 17.8 Å². The molecule has 0 spiro atoms. The predicted octanol–water partition coefficient (Wildman–Crippen LogP) is 3.65. The van der Waals surface area contributed by atoms with E-state index in [0.717, 1.165) is 11.6 Å². The highest BCUT2D eigenvalue weighted by molar-refractivity contribution is 5.30. The van der Waals surface area contributed by atoms with Gasteiger partial charge in [-0.15, -0.1) is 0 Å². The molecule has 2 rings (SSSR count). The first kappa shape index (κ1) is 13.6. The largest absolute Gasteiger partial charge is 0.324 e. The third-order valence-corrected chi connectivity index (χ3v) is 3.13. The van der Waals surface area contributed by atoms with Crippen molar-refractivity contribution >= 4 is 0 Å². The molecular formula is C15H14F3N. The minimum absolute atomic E-state index is 0.101. The maximum atomic E-state index is 13.6. The van der Waals surface area contributed by atoms with Crippen LogP contribution in [0.25, 0.3) is 0 Å². The third kappa shape index (κ3) is 2.96. The van der Waals surface area contributed by atoms with Crippen molar-refractivity contribution in [2.45, 2.75) is 19.4 Å². The lowest BCUT2D eigenvalue weighted by Crippen LogP contribution is -2.16. The lowest BCUT2D eigenvalue weighted by atomic mass is 9.96. The first-order chi connectivity index (χ1) is 8.99. The van der Waals surface area contributed by atoms with Crippen LogP contribution in [0.2, 0.25) is 0 Å². The Hall–Kier alpha value is -1.81. The van der Waals surface area contributed by atoms with Crippen LogP contribution in [0.1, 0.15) is 22.7 Å². The molecule has 0 bridgehead atoms. The quantitative estimate of drug-likeness (QED) is 0.900. The van der Waals surface area contributed by atoms with E-state index in [1.54, 1.807) is 6.07 Å². The van der Waals surface area contributed by atoms with Crippen LogP contribution in [0.15, 0.2) is 36.4 Å². The fraction of sp³-hybridized carbons (Fsp3) is 0.200. The number of halogens is 3. The highest BCUT2D eigenvalue weighted by Gasteiger charge is 2.16. The molecular weight excluding hydrogens is 251 g/mol. The molecule has 0 amide bonds. The van der Waals surface area contributed by atoms with E-state index < -0.39 is 17.7 Å². The zero-order valence-corrected chi connectivity index (χ0v) is 10.5. The van der Waals surface area contributed by atoms with Crippen LogP contribution in [0.4, 0.5) is 13.2 Å². The van der Waals surface area contributed by atoms with E-state index in [1.165, 1.54) is 24.3 Å². The Balaban J connectivity index is 2.28. The van der Waals surface area contributed by atoms with Gasteiger partial charge in [-0.1, -0.05) is 18.2 Å². The highest BCUT2D eigenvalue weighted by Crippen LogP contribution is 2.22. The Morgan fingerprint density at radius 1 is 1.11 bits per heavy atom. The van der Waals surface area contributed by atoms with Crippen LogP contribution in [-0.2, 0) is 6.42 Å². The van der Waals surface area contributed by atoms with Gasteiger partial charge in [0.1, 0.15) is 5.82 Å². The maximum Gasteiger partial charge on any atom is 0.163 e. The molecule has 2 aromatic carbocycles. The highest BCUT2D eigenvalue weighted by atomic mass is 19.2. The molecule has 0 saturated carbocycles. The number of rotatable bonds is 3. The fourth-order valence-electron chi connectivity index (χ4n) is 2.01. The maximum absolute atomic E-state index is 13.6. The molecule has 0 aliphatic rings. The van der Waals surface area contributed by atoms with Crippen LogP contribution >= 0.6 is 0 Å². The van der Waals surface area contributed by atoms with Crippen LogP contribution in [-0.4, -0.2) is 0 Å². The van der Waals surface area contributed by atoms with Crippen molar-refractivity contribution in [3.8, 4) is 0 Å². The smallest absolute Gasteiger partial charge is 0.163 e. The van der Waals surface area contributed by atoms with Gasteiger partial charge in [0, 0.05) is 11.6 Å². The predicted molar refractivity (Wildman–Crippen MR) is 68.1 cm³/mol. The van der Waals surface area contributed by atoms with E-state index in [9.17, 15) is 13.2 Å². The molecule has 2 N–H and O–H groups in total. The molecule has 4 heteroatoms. The van der Waals surface area contributed by atoms with Gasteiger partial charge in [0.25, 0.3) is 0 Å². The molecule has 0 fully saturated rings. The Labute approximate surface area is 109 Å². The number of benzene rings is 2. The lowest BCUT2D eigenvalue weighted by molar-refractivity contribution is 0.487. The molecule has 0 aliphatic carbocycles. The molecule has 1 unspecified atom stereocenters. The van der Waals surface area contributed by atoms with Crippen LogP contribution in [0.3, 0.4) is 0 Å². The van der Waals surface area contributed by atoms with Gasteiger partial charge in [-0.3, -0.25) is 0 Å². The first-order valence-electron chi connectivity index (χ1n) is 5.93. The molecule has 1 nitrogen and oxygen atoms in total. The molecule has 19 heavy (non-hydrogen) atoms. The van der Waals surface area contributed by atoms with Crippen molar-refractivity contribution in [1.29, 1.82) is 0 Å². The topological polar surface area (TPSA) is 26.0 Å². The zero-order chi connectivity index (χ0) is 14.0. The van der Waals surface area contributed by atoms with E-state index in [2.05, 4.69) is 0 Å². The monoisotopic (exact) mass is 265 g/mol.